The lowest BCUT2D eigenvalue weighted by atomic mass is 9.97. The third kappa shape index (κ3) is 3.91. The Morgan fingerprint density at radius 1 is 1.18 bits per heavy atom. The van der Waals surface area contributed by atoms with Crippen molar-refractivity contribution >= 4 is 0 Å². The van der Waals surface area contributed by atoms with Gasteiger partial charge in [-0.15, -0.1) is 0 Å². The van der Waals surface area contributed by atoms with Crippen LogP contribution >= 0.6 is 0 Å². The van der Waals surface area contributed by atoms with E-state index in [1.807, 2.05) is 0 Å². The molecule has 1 atom stereocenters. The summed E-state index contributed by atoms with van der Waals surface area (Å²) < 4.78 is 5.83. The second kappa shape index (κ2) is 6.69. The van der Waals surface area contributed by atoms with Crippen molar-refractivity contribution in [3.8, 4) is 0 Å². The zero-order valence-corrected chi connectivity index (χ0v) is 11.0. The molecule has 1 unspecified atom stereocenters. The predicted molar refractivity (Wildman–Crippen MR) is 68.1 cm³/mol. The van der Waals surface area contributed by atoms with Crippen molar-refractivity contribution in [3.63, 3.8) is 0 Å². The summed E-state index contributed by atoms with van der Waals surface area (Å²) in [7, 11) is 0. The zero-order chi connectivity index (χ0) is 12.1. The van der Waals surface area contributed by atoms with Gasteiger partial charge in [-0.1, -0.05) is 6.92 Å². The topological polar surface area (TPSA) is 35.9 Å². The van der Waals surface area contributed by atoms with Gasteiger partial charge in [-0.3, -0.25) is 4.90 Å². The molecule has 2 fully saturated rings. The lowest BCUT2D eigenvalue weighted by Gasteiger charge is -2.37. The van der Waals surface area contributed by atoms with Crippen molar-refractivity contribution in [3.05, 3.63) is 0 Å². The number of hydrogen-bond donors (Lipinski definition) is 1. The molecule has 0 radical (unpaired) electrons. The van der Waals surface area contributed by atoms with Crippen LogP contribution in [0.2, 0.25) is 0 Å². The molecule has 100 valence electrons. The van der Waals surface area contributed by atoms with Crippen LogP contribution in [-0.2, 0) is 4.74 Å². The lowest BCUT2D eigenvalue weighted by Crippen LogP contribution is -2.48. The molecule has 17 heavy (non-hydrogen) atoms. The fraction of sp³-hybridized carbons (Fsp3) is 1.00. The number of hydrogen-bond acceptors (Lipinski definition) is 4. The summed E-state index contributed by atoms with van der Waals surface area (Å²) in [5, 5.41) is 9.12. The van der Waals surface area contributed by atoms with E-state index in [0.29, 0.717) is 18.6 Å². The fourth-order valence-corrected chi connectivity index (χ4v) is 2.82. The second-order valence-corrected chi connectivity index (χ2v) is 5.31. The van der Waals surface area contributed by atoms with Crippen LogP contribution in [0.5, 0.6) is 0 Å². The fourth-order valence-electron chi connectivity index (χ4n) is 2.82. The maximum absolute atomic E-state index is 9.12. The highest BCUT2D eigenvalue weighted by Crippen LogP contribution is 2.17. The minimum atomic E-state index is 0.359. The second-order valence-electron chi connectivity index (χ2n) is 5.31. The first-order valence-electron chi connectivity index (χ1n) is 6.99. The van der Waals surface area contributed by atoms with Gasteiger partial charge in [-0.05, 0) is 38.4 Å². The van der Waals surface area contributed by atoms with E-state index >= 15 is 0 Å². The number of nitrogens with zero attached hydrogens (tertiary/aromatic N) is 2. The van der Waals surface area contributed by atoms with Gasteiger partial charge in [0.15, 0.2) is 0 Å². The van der Waals surface area contributed by atoms with E-state index in [2.05, 4.69) is 16.7 Å². The van der Waals surface area contributed by atoms with Crippen LogP contribution in [0.3, 0.4) is 0 Å². The van der Waals surface area contributed by atoms with Crippen molar-refractivity contribution in [2.45, 2.75) is 25.9 Å². The Balaban J connectivity index is 1.70. The summed E-state index contributed by atoms with van der Waals surface area (Å²) in [6.07, 6.45) is 2.66. The van der Waals surface area contributed by atoms with E-state index in [0.717, 1.165) is 58.7 Å². The van der Waals surface area contributed by atoms with Crippen LogP contribution in [0.15, 0.2) is 0 Å². The molecule has 0 spiro atoms. The monoisotopic (exact) mass is 242 g/mol. The third-order valence-corrected chi connectivity index (χ3v) is 4.10. The normalized spacial score (nSPS) is 29.6. The van der Waals surface area contributed by atoms with Gasteiger partial charge in [0, 0.05) is 26.2 Å². The number of likely N-dealkylation sites (N-methyl/N-ethyl adjacent to an activating group) is 1. The first-order chi connectivity index (χ1) is 8.31. The predicted octanol–water partition coefficient (Wildman–Crippen LogP) is 0.411. The van der Waals surface area contributed by atoms with Crippen molar-refractivity contribution in [1.29, 1.82) is 0 Å². The molecule has 2 aliphatic heterocycles. The molecule has 0 aromatic rings. The SMILES string of the molecule is CCN1CCOC(CN2CCC(CO)CC2)C1. The van der Waals surface area contributed by atoms with Gasteiger partial charge in [-0.2, -0.15) is 0 Å². The summed E-state index contributed by atoms with van der Waals surface area (Å²) >= 11 is 0. The number of aliphatic hydroxyl groups excluding tert-OH is 1. The summed E-state index contributed by atoms with van der Waals surface area (Å²) in [5.41, 5.74) is 0. The quantitative estimate of drug-likeness (QED) is 0.775. The zero-order valence-electron chi connectivity index (χ0n) is 11.0. The minimum absolute atomic E-state index is 0.359. The molecule has 2 aliphatic rings. The number of rotatable bonds is 4. The number of aliphatic hydroxyl groups is 1. The van der Waals surface area contributed by atoms with Gasteiger partial charge in [0.25, 0.3) is 0 Å². The van der Waals surface area contributed by atoms with Gasteiger partial charge in [0.2, 0.25) is 0 Å². The molecule has 4 heteroatoms. The van der Waals surface area contributed by atoms with Gasteiger partial charge in [0.05, 0.1) is 12.7 Å². The van der Waals surface area contributed by atoms with E-state index in [1.165, 1.54) is 0 Å². The Kier molecular flexibility index (Phi) is 5.22. The average Bonchev–Trinajstić information content (AvgIpc) is 2.40. The van der Waals surface area contributed by atoms with E-state index in [1.54, 1.807) is 0 Å². The molecular formula is C13H26N2O2. The number of piperidine rings is 1. The molecule has 1 N–H and O–H groups in total. The van der Waals surface area contributed by atoms with E-state index in [-0.39, 0.29) is 0 Å². The summed E-state index contributed by atoms with van der Waals surface area (Å²) in [5.74, 6) is 0.533. The third-order valence-electron chi connectivity index (χ3n) is 4.10. The Morgan fingerprint density at radius 3 is 2.59 bits per heavy atom. The number of morpholine rings is 1. The first-order valence-corrected chi connectivity index (χ1v) is 6.99. The summed E-state index contributed by atoms with van der Waals surface area (Å²) in [6, 6.07) is 0. The van der Waals surface area contributed by atoms with E-state index in [9.17, 15) is 0 Å². The maximum atomic E-state index is 9.12. The molecule has 2 rings (SSSR count). The molecule has 0 aromatic heterocycles. The largest absolute Gasteiger partial charge is 0.396 e. The minimum Gasteiger partial charge on any atom is -0.396 e. The molecular weight excluding hydrogens is 216 g/mol. The molecule has 0 aromatic carbocycles. The van der Waals surface area contributed by atoms with Crippen LogP contribution in [0.1, 0.15) is 19.8 Å². The van der Waals surface area contributed by atoms with Crippen LogP contribution in [-0.4, -0.2) is 73.5 Å². The van der Waals surface area contributed by atoms with Gasteiger partial charge in [-0.25, -0.2) is 0 Å². The summed E-state index contributed by atoms with van der Waals surface area (Å²) in [6.45, 7) is 10.1. The average molecular weight is 242 g/mol. The van der Waals surface area contributed by atoms with Crippen LogP contribution in [0.4, 0.5) is 0 Å². The van der Waals surface area contributed by atoms with E-state index < -0.39 is 0 Å². The van der Waals surface area contributed by atoms with Crippen LogP contribution < -0.4 is 0 Å². The lowest BCUT2D eigenvalue weighted by molar-refractivity contribution is -0.0460. The molecule has 2 saturated heterocycles. The van der Waals surface area contributed by atoms with Crippen LogP contribution in [0, 0.1) is 5.92 Å². The van der Waals surface area contributed by atoms with Crippen molar-refractivity contribution in [2.24, 2.45) is 5.92 Å². The molecule has 0 saturated carbocycles. The molecule has 4 nitrogen and oxygen atoms in total. The van der Waals surface area contributed by atoms with Gasteiger partial charge >= 0.3 is 0 Å². The summed E-state index contributed by atoms with van der Waals surface area (Å²) in [4.78, 5) is 4.96. The Labute approximate surface area is 105 Å². The molecule has 0 aliphatic carbocycles. The van der Waals surface area contributed by atoms with Gasteiger partial charge < -0.3 is 14.7 Å². The first kappa shape index (κ1) is 13.3. The van der Waals surface area contributed by atoms with Crippen LogP contribution in [0.25, 0.3) is 0 Å². The smallest absolute Gasteiger partial charge is 0.0829 e. The highest BCUT2D eigenvalue weighted by Gasteiger charge is 2.24. The van der Waals surface area contributed by atoms with Crippen molar-refractivity contribution in [1.82, 2.24) is 9.80 Å². The number of likely N-dealkylation sites (tertiary alicyclic amines) is 1. The molecule has 2 heterocycles. The standard InChI is InChI=1S/C13H26N2O2/c1-2-14-7-8-17-13(9-14)10-15-5-3-12(11-16)4-6-15/h12-13,16H,2-11H2,1H3. The Hall–Kier alpha value is -0.160. The van der Waals surface area contributed by atoms with Gasteiger partial charge in [0.1, 0.15) is 0 Å². The molecule has 0 amide bonds. The maximum Gasteiger partial charge on any atom is 0.0829 e. The highest BCUT2D eigenvalue weighted by atomic mass is 16.5. The van der Waals surface area contributed by atoms with Crippen molar-refractivity contribution < 1.29 is 9.84 Å². The number of ether oxygens (including phenoxy) is 1. The Bertz CT molecular complexity index is 217. The molecule has 0 bridgehead atoms. The Morgan fingerprint density at radius 2 is 1.94 bits per heavy atom. The van der Waals surface area contributed by atoms with Crippen molar-refractivity contribution in [2.75, 3.05) is 52.5 Å². The van der Waals surface area contributed by atoms with E-state index in [4.69, 9.17) is 9.84 Å². The highest BCUT2D eigenvalue weighted by molar-refractivity contribution is 4.78.